The summed E-state index contributed by atoms with van der Waals surface area (Å²) in [5, 5.41) is 45.9. The minimum atomic E-state index is -1.29. The predicted octanol–water partition coefficient (Wildman–Crippen LogP) is 7.39. The van der Waals surface area contributed by atoms with E-state index >= 15 is 0 Å². The number of carboxylic acids is 1. The molecule has 23 nitrogen and oxygen atoms in total. The van der Waals surface area contributed by atoms with E-state index in [0.29, 0.717) is 63.7 Å². The van der Waals surface area contributed by atoms with Crippen LogP contribution in [-0.4, -0.2) is 107 Å². The number of aromatic carboxylic acids is 1. The third kappa shape index (κ3) is 12.1. The monoisotopic (exact) mass is 1190 g/mol. The number of carbonyl (C=O) groups is 7. The Kier molecular flexibility index (Phi) is 16.4. The van der Waals surface area contributed by atoms with E-state index in [4.69, 9.17) is 24.7 Å². The van der Waals surface area contributed by atoms with E-state index in [1.807, 2.05) is 0 Å². The first kappa shape index (κ1) is 54.9. The lowest BCUT2D eigenvalue weighted by atomic mass is 10.0. The van der Waals surface area contributed by atoms with Gasteiger partial charge < -0.3 is 41.5 Å². The molecular formula is C51H41N13O10S6. The largest absolute Gasteiger partial charge is 0.478 e. The van der Waals surface area contributed by atoms with Crippen LogP contribution in [0.5, 0.6) is 0 Å². The van der Waals surface area contributed by atoms with E-state index in [2.05, 4.69) is 46.9 Å². The van der Waals surface area contributed by atoms with Gasteiger partial charge in [0, 0.05) is 51.7 Å². The maximum atomic E-state index is 14.2. The standard InChI is InChI=1S/C51H41N13O10S6/c1-22-36-44(71)64-51-63-38(32(80-51)17-74-3)43(70)53-16-35(66)61-39(40(67)23-7-5-4-6-8-23)49-58-31(20-77-49)47-56-29(18-76-47)37-26(45-57-30(19-75-45)42(69)55-28(15-34(65)52-2)48(62-36)79-22)13-14-27(54-37)46-60-33(21-78-46)59-41(68)24-9-11-25(12-10-24)50(72)73/h4-14,18-21,28,39-40,67H,15-17H2,1-3H3,(H,52,65)(H,53,70)(H,55,69)(H,59,68)(H,61,66)(H,72,73)(H,63,64,71)/t28-,39-,40-/m0/s1. The third-order valence-corrected chi connectivity index (χ3v) is 17.4. The highest BCUT2D eigenvalue weighted by Gasteiger charge is 2.31. The number of pyridine rings is 1. The lowest BCUT2D eigenvalue weighted by Crippen LogP contribution is -2.40. The molecule has 0 unspecified atom stereocenters. The van der Waals surface area contributed by atoms with Gasteiger partial charge in [-0.2, -0.15) is 0 Å². The molecule has 0 aliphatic carbocycles. The highest BCUT2D eigenvalue weighted by molar-refractivity contribution is 7.16. The number of aryl methyl sites for hydroxylation is 1. The first-order valence-corrected chi connectivity index (χ1v) is 28.9. The highest BCUT2D eigenvalue weighted by atomic mass is 32.1. The van der Waals surface area contributed by atoms with Gasteiger partial charge in [-0.3, -0.25) is 34.1 Å². The predicted molar refractivity (Wildman–Crippen MR) is 301 cm³/mol. The Morgan fingerprint density at radius 2 is 1.41 bits per heavy atom. The van der Waals surface area contributed by atoms with Gasteiger partial charge in [0.1, 0.15) is 77.2 Å². The fraction of sp³-hybridized carbons (Fsp3) is 0.176. The van der Waals surface area contributed by atoms with Crippen LogP contribution < -0.4 is 31.9 Å². The van der Waals surface area contributed by atoms with Crippen LogP contribution in [0.2, 0.25) is 0 Å². The molecule has 9 aromatic rings. The van der Waals surface area contributed by atoms with Crippen molar-refractivity contribution in [3.63, 3.8) is 0 Å². The molecule has 2 aromatic carbocycles. The summed E-state index contributed by atoms with van der Waals surface area (Å²) in [6, 6.07) is 15.5. The zero-order valence-electron chi connectivity index (χ0n) is 41.8. The van der Waals surface area contributed by atoms with E-state index in [-0.39, 0.29) is 57.2 Å². The van der Waals surface area contributed by atoms with E-state index in [1.165, 1.54) is 72.4 Å². The summed E-state index contributed by atoms with van der Waals surface area (Å²) < 4.78 is 5.33. The smallest absolute Gasteiger partial charge is 0.335 e. The number of methoxy groups -OCH3 is 1. The minimum Gasteiger partial charge on any atom is -0.478 e. The Balaban J connectivity index is 1.03. The summed E-state index contributed by atoms with van der Waals surface area (Å²) in [5.41, 5.74) is 2.62. The van der Waals surface area contributed by atoms with Crippen molar-refractivity contribution in [1.82, 2.24) is 56.2 Å². The zero-order chi connectivity index (χ0) is 56.2. The highest BCUT2D eigenvalue weighted by Crippen LogP contribution is 2.40. The Bertz CT molecular complexity index is 3850. The normalized spacial score (nSPS) is 15.2. The SMILES string of the molecule is CNC(=O)C[C@@H]1NC(=O)c2csc(n2)-c2ccc(-c3nc(NC(=O)c4ccc(C(=O)O)cc4)cs3)nc2-c2csc(n2)-c2csc(n2)[C@H]([C@@H](O)c2ccccc2)NC(=O)CNC(=O)c2nc(sc2COC)NC(=O)c2nc1sc2C. The molecule has 10 bridgehead atoms. The van der Waals surface area contributed by atoms with Crippen molar-refractivity contribution in [2.45, 2.75) is 38.1 Å². The maximum absolute atomic E-state index is 14.2. The number of aliphatic hydroxyl groups excluding tert-OH is 1. The molecule has 1 aliphatic heterocycles. The number of carboxylic acid groups (broad SMARTS) is 1. The number of anilines is 2. The second kappa shape index (κ2) is 23.9. The number of aliphatic hydroxyl groups is 1. The van der Waals surface area contributed by atoms with Crippen LogP contribution in [-0.2, 0) is 20.9 Å². The maximum Gasteiger partial charge on any atom is 0.335 e. The molecule has 406 valence electrons. The van der Waals surface area contributed by atoms with Crippen LogP contribution in [0, 0.1) is 6.92 Å². The van der Waals surface area contributed by atoms with Gasteiger partial charge >= 0.3 is 5.97 Å². The van der Waals surface area contributed by atoms with Crippen LogP contribution in [0.3, 0.4) is 0 Å². The van der Waals surface area contributed by atoms with Crippen LogP contribution in [0.15, 0.2) is 88.3 Å². The summed E-state index contributed by atoms with van der Waals surface area (Å²) in [4.78, 5) is 127. The summed E-state index contributed by atoms with van der Waals surface area (Å²) in [6.45, 7) is 1.06. The summed E-state index contributed by atoms with van der Waals surface area (Å²) in [6.07, 6.45) is -1.53. The molecule has 6 amide bonds. The van der Waals surface area contributed by atoms with Gasteiger partial charge in [-0.15, -0.1) is 56.7 Å². The van der Waals surface area contributed by atoms with Crippen LogP contribution in [0.4, 0.5) is 10.9 Å². The first-order chi connectivity index (χ1) is 38.6. The second-order valence-electron chi connectivity index (χ2n) is 17.2. The molecule has 29 heteroatoms. The zero-order valence-corrected chi connectivity index (χ0v) is 46.7. The number of benzene rings is 2. The summed E-state index contributed by atoms with van der Waals surface area (Å²) >= 11 is 6.84. The number of nitrogens with zero attached hydrogens (tertiary/aromatic N) is 7. The van der Waals surface area contributed by atoms with Gasteiger partial charge in [0.25, 0.3) is 23.6 Å². The van der Waals surface area contributed by atoms with Gasteiger partial charge in [-0.25, -0.2) is 39.7 Å². The molecule has 10 rings (SSSR count). The van der Waals surface area contributed by atoms with Gasteiger partial charge in [0.15, 0.2) is 5.13 Å². The molecule has 8 N–H and O–H groups in total. The van der Waals surface area contributed by atoms with Gasteiger partial charge in [-0.1, -0.05) is 41.7 Å². The van der Waals surface area contributed by atoms with Crippen molar-refractivity contribution in [2.75, 3.05) is 31.3 Å². The number of rotatable bonds is 10. The Morgan fingerprint density at radius 3 is 2.17 bits per heavy atom. The topological polar surface area (TPSA) is 332 Å². The number of amides is 6. The first-order valence-electron chi connectivity index (χ1n) is 23.7. The molecule has 8 heterocycles. The third-order valence-electron chi connectivity index (χ3n) is 11.9. The fourth-order valence-corrected chi connectivity index (χ4v) is 13.1. The fourth-order valence-electron chi connectivity index (χ4n) is 7.93. The summed E-state index contributed by atoms with van der Waals surface area (Å²) in [5.74, 6) is -4.57. The van der Waals surface area contributed by atoms with Crippen molar-refractivity contribution < 1.29 is 48.5 Å². The number of carbonyl (C=O) groups excluding carboxylic acids is 6. The van der Waals surface area contributed by atoms with Crippen molar-refractivity contribution in [3.8, 4) is 43.4 Å². The van der Waals surface area contributed by atoms with E-state index in [9.17, 15) is 43.8 Å². The average Bonchev–Trinajstić information content (AvgIpc) is 4.54. The molecule has 3 atom stereocenters. The average molecular weight is 1190 g/mol. The number of nitrogens with one attached hydrogen (secondary N) is 6. The Labute approximate surface area is 476 Å². The van der Waals surface area contributed by atoms with Gasteiger partial charge in [0.2, 0.25) is 11.8 Å². The molecule has 0 radical (unpaired) electrons. The number of aromatic nitrogens is 7. The van der Waals surface area contributed by atoms with Crippen molar-refractivity contribution in [2.24, 2.45) is 0 Å². The Morgan fingerprint density at radius 1 is 0.700 bits per heavy atom. The van der Waals surface area contributed by atoms with Crippen molar-refractivity contribution >= 4 is 120 Å². The number of hydrogen-bond acceptors (Lipinski definition) is 22. The molecule has 0 saturated heterocycles. The Hall–Kier alpha value is -8.42. The van der Waals surface area contributed by atoms with Crippen LogP contribution in [0.1, 0.15) is 102 Å². The minimum absolute atomic E-state index is 0.00280. The molecule has 7 aromatic heterocycles. The quantitative estimate of drug-likeness (QED) is 0.0661. The number of fused-ring (bicyclic) bond motifs is 14. The van der Waals surface area contributed by atoms with Crippen LogP contribution in [0.25, 0.3) is 43.4 Å². The van der Waals surface area contributed by atoms with Crippen molar-refractivity contribution in [3.05, 3.63) is 142 Å². The van der Waals surface area contributed by atoms with E-state index < -0.39 is 66.1 Å². The molecule has 80 heavy (non-hydrogen) atoms. The van der Waals surface area contributed by atoms with Gasteiger partial charge in [0.05, 0.1) is 41.7 Å². The molecule has 0 saturated carbocycles. The van der Waals surface area contributed by atoms with E-state index in [1.54, 1.807) is 70.9 Å². The van der Waals surface area contributed by atoms with E-state index in [0.717, 1.165) is 34.0 Å². The molecule has 0 spiro atoms. The number of hydrogen-bond donors (Lipinski definition) is 8. The van der Waals surface area contributed by atoms with Crippen molar-refractivity contribution in [1.29, 1.82) is 0 Å². The van der Waals surface area contributed by atoms with Gasteiger partial charge in [-0.05, 0) is 48.9 Å². The molecular weight excluding hydrogens is 1150 g/mol. The second-order valence-corrected chi connectivity index (χ2v) is 23.0. The lowest BCUT2D eigenvalue weighted by molar-refractivity contribution is -0.122. The molecule has 1 aliphatic rings. The van der Waals surface area contributed by atoms with Crippen LogP contribution >= 0.6 is 68.0 Å². The summed E-state index contributed by atoms with van der Waals surface area (Å²) in [7, 11) is 2.87. The number of ether oxygens (including phenoxy) is 1. The molecule has 0 fully saturated rings. The number of thiazole rings is 6. The lowest BCUT2D eigenvalue weighted by Gasteiger charge is -2.23.